The highest BCUT2D eigenvalue weighted by molar-refractivity contribution is 6.31. The number of hydrogen-bond acceptors (Lipinski definition) is 2. The van der Waals surface area contributed by atoms with Crippen LogP contribution >= 0.6 is 11.6 Å². The van der Waals surface area contributed by atoms with Gasteiger partial charge in [0.25, 0.3) is 0 Å². The van der Waals surface area contributed by atoms with E-state index in [1.807, 2.05) is 24.3 Å². The van der Waals surface area contributed by atoms with Crippen LogP contribution in [0.15, 0.2) is 54.6 Å². The van der Waals surface area contributed by atoms with Gasteiger partial charge in [0.05, 0.1) is 0 Å². The summed E-state index contributed by atoms with van der Waals surface area (Å²) in [5.74, 6) is 5.64. The number of aryl methyl sites for hydroxylation is 1. The van der Waals surface area contributed by atoms with Gasteiger partial charge in [-0.25, -0.2) is 0 Å². The summed E-state index contributed by atoms with van der Waals surface area (Å²) in [7, 11) is 0. The van der Waals surface area contributed by atoms with Crippen molar-refractivity contribution >= 4 is 11.6 Å². The lowest BCUT2D eigenvalue weighted by molar-refractivity contribution is 0.491. The largest absolute Gasteiger partial charge is 0.271 e. The summed E-state index contributed by atoms with van der Waals surface area (Å²) < 4.78 is 0. The van der Waals surface area contributed by atoms with Crippen molar-refractivity contribution in [3.8, 4) is 0 Å². The van der Waals surface area contributed by atoms with Crippen LogP contribution in [-0.4, -0.2) is 6.04 Å². The molecule has 0 aliphatic heterocycles. The molecule has 3 N–H and O–H groups in total. The van der Waals surface area contributed by atoms with Gasteiger partial charge in [0, 0.05) is 11.1 Å². The standard InChI is InChI=1S/C16H19ClN2/c17-16-9-5-4-8-14(16)12-15(19-18)11-10-13-6-2-1-3-7-13/h1-9,15,19H,10-12,18H2. The third-order valence-electron chi connectivity index (χ3n) is 3.28. The van der Waals surface area contributed by atoms with Crippen LogP contribution in [0.4, 0.5) is 0 Å². The van der Waals surface area contributed by atoms with Gasteiger partial charge in [-0.15, -0.1) is 0 Å². The summed E-state index contributed by atoms with van der Waals surface area (Å²) in [6.07, 6.45) is 2.86. The Hall–Kier alpha value is -1.35. The quantitative estimate of drug-likeness (QED) is 0.626. The maximum atomic E-state index is 6.17. The molecule has 0 radical (unpaired) electrons. The smallest absolute Gasteiger partial charge is 0.0438 e. The van der Waals surface area contributed by atoms with Gasteiger partial charge in [0.1, 0.15) is 0 Å². The van der Waals surface area contributed by atoms with Crippen LogP contribution in [0.2, 0.25) is 5.02 Å². The van der Waals surface area contributed by atoms with Crippen molar-refractivity contribution in [3.63, 3.8) is 0 Å². The molecule has 0 heterocycles. The van der Waals surface area contributed by atoms with E-state index in [0.29, 0.717) is 0 Å². The van der Waals surface area contributed by atoms with E-state index < -0.39 is 0 Å². The van der Waals surface area contributed by atoms with Crippen LogP contribution in [0.1, 0.15) is 17.5 Å². The second kappa shape index (κ2) is 7.29. The number of hydrogen-bond donors (Lipinski definition) is 2. The molecule has 2 nitrogen and oxygen atoms in total. The predicted molar refractivity (Wildman–Crippen MR) is 81.0 cm³/mol. The highest BCUT2D eigenvalue weighted by Crippen LogP contribution is 2.18. The monoisotopic (exact) mass is 274 g/mol. The molecule has 0 bridgehead atoms. The molecule has 3 heteroatoms. The van der Waals surface area contributed by atoms with Crippen molar-refractivity contribution in [2.75, 3.05) is 0 Å². The predicted octanol–water partition coefficient (Wildman–Crippen LogP) is 3.35. The van der Waals surface area contributed by atoms with Crippen molar-refractivity contribution in [1.82, 2.24) is 5.43 Å². The molecular formula is C16H19ClN2. The number of rotatable bonds is 6. The maximum Gasteiger partial charge on any atom is 0.0438 e. The fraction of sp³-hybridized carbons (Fsp3) is 0.250. The summed E-state index contributed by atoms with van der Waals surface area (Å²) in [5, 5.41) is 0.808. The Labute approximate surface area is 119 Å². The lowest BCUT2D eigenvalue weighted by atomic mass is 9.99. The van der Waals surface area contributed by atoms with E-state index in [9.17, 15) is 0 Å². The minimum Gasteiger partial charge on any atom is -0.271 e. The fourth-order valence-electron chi connectivity index (χ4n) is 2.16. The van der Waals surface area contributed by atoms with Gasteiger partial charge in [-0.3, -0.25) is 11.3 Å². The Morgan fingerprint density at radius 2 is 1.68 bits per heavy atom. The SMILES string of the molecule is NNC(CCc1ccccc1)Cc1ccccc1Cl. The van der Waals surface area contributed by atoms with E-state index in [0.717, 1.165) is 29.8 Å². The van der Waals surface area contributed by atoms with Crippen LogP contribution in [0.25, 0.3) is 0 Å². The first-order valence-corrected chi connectivity index (χ1v) is 6.91. The number of nitrogens with one attached hydrogen (secondary N) is 1. The van der Waals surface area contributed by atoms with Gasteiger partial charge >= 0.3 is 0 Å². The molecule has 2 aromatic carbocycles. The summed E-state index contributed by atoms with van der Waals surface area (Å²) >= 11 is 6.17. The van der Waals surface area contributed by atoms with E-state index in [2.05, 4.69) is 35.8 Å². The molecule has 2 rings (SSSR count). The molecule has 0 saturated heterocycles. The average Bonchev–Trinajstić information content (AvgIpc) is 2.46. The second-order valence-electron chi connectivity index (χ2n) is 4.68. The number of hydrazine groups is 1. The van der Waals surface area contributed by atoms with Crippen molar-refractivity contribution < 1.29 is 0 Å². The molecule has 1 unspecified atom stereocenters. The molecule has 0 aromatic heterocycles. The van der Waals surface area contributed by atoms with Gasteiger partial charge in [0.15, 0.2) is 0 Å². The number of benzene rings is 2. The topological polar surface area (TPSA) is 38.0 Å². The first-order chi connectivity index (χ1) is 9.29. The lowest BCUT2D eigenvalue weighted by Crippen LogP contribution is -2.37. The molecule has 100 valence electrons. The average molecular weight is 275 g/mol. The Balaban J connectivity index is 1.92. The van der Waals surface area contributed by atoms with Crippen molar-refractivity contribution in [2.45, 2.75) is 25.3 Å². The third-order valence-corrected chi connectivity index (χ3v) is 3.65. The Kier molecular flexibility index (Phi) is 5.40. The van der Waals surface area contributed by atoms with Crippen LogP contribution in [0.5, 0.6) is 0 Å². The molecule has 0 amide bonds. The minimum atomic E-state index is 0.236. The fourth-order valence-corrected chi connectivity index (χ4v) is 2.37. The van der Waals surface area contributed by atoms with E-state index in [-0.39, 0.29) is 6.04 Å². The molecule has 2 aromatic rings. The first-order valence-electron chi connectivity index (χ1n) is 6.53. The van der Waals surface area contributed by atoms with Crippen molar-refractivity contribution in [3.05, 3.63) is 70.7 Å². The normalized spacial score (nSPS) is 12.3. The van der Waals surface area contributed by atoms with Crippen molar-refractivity contribution in [1.29, 1.82) is 0 Å². The van der Waals surface area contributed by atoms with E-state index in [1.54, 1.807) is 0 Å². The molecule has 0 saturated carbocycles. The molecule has 0 aliphatic rings. The molecule has 19 heavy (non-hydrogen) atoms. The highest BCUT2D eigenvalue weighted by atomic mass is 35.5. The first kappa shape index (κ1) is 14.1. The summed E-state index contributed by atoms with van der Waals surface area (Å²) in [6, 6.07) is 18.6. The van der Waals surface area contributed by atoms with Gasteiger partial charge in [0.2, 0.25) is 0 Å². The van der Waals surface area contributed by atoms with E-state index >= 15 is 0 Å². The molecule has 0 fully saturated rings. The van der Waals surface area contributed by atoms with E-state index in [1.165, 1.54) is 5.56 Å². The van der Waals surface area contributed by atoms with Gasteiger partial charge in [-0.2, -0.15) is 0 Å². The molecular weight excluding hydrogens is 256 g/mol. The maximum absolute atomic E-state index is 6.17. The number of nitrogens with two attached hydrogens (primary N) is 1. The highest BCUT2D eigenvalue weighted by Gasteiger charge is 2.10. The molecule has 0 aliphatic carbocycles. The lowest BCUT2D eigenvalue weighted by Gasteiger charge is -2.16. The molecule has 1 atom stereocenters. The van der Waals surface area contributed by atoms with Gasteiger partial charge < -0.3 is 0 Å². The summed E-state index contributed by atoms with van der Waals surface area (Å²) in [5.41, 5.74) is 5.36. The van der Waals surface area contributed by atoms with Crippen LogP contribution in [0, 0.1) is 0 Å². The Morgan fingerprint density at radius 3 is 2.37 bits per heavy atom. The third kappa shape index (κ3) is 4.35. The zero-order valence-electron chi connectivity index (χ0n) is 10.9. The van der Waals surface area contributed by atoms with Crippen LogP contribution < -0.4 is 11.3 Å². The van der Waals surface area contributed by atoms with Crippen LogP contribution in [0.3, 0.4) is 0 Å². The summed E-state index contributed by atoms with van der Waals surface area (Å²) in [6.45, 7) is 0. The Morgan fingerprint density at radius 1 is 1.00 bits per heavy atom. The van der Waals surface area contributed by atoms with Gasteiger partial charge in [-0.05, 0) is 36.5 Å². The Bertz CT molecular complexity index is 499. The minimum absolute atomic E-state index is 0.236. The number of halogens is 1. The van der Waals surface area contributed by atoms with Crippen molar-refractivity contribution in [2.24, 2.45) is 5.84 Å². The van der Waals surface area contributed by atoms with Crippen LogP contribution in [-0.2, 0) is 12.8 Å². The zero-order chi connectivity index (χ0) is 13.5. The zero-order valence-corrected chi connectivity index (χ0v) is 11.6. The second-order valence-corrected chi connectivity index (χ2v) is 5.09. The molecule has 0 spiro atoms. The van der Waals surface area contributed by atoms with E-state index in [4.69, 9.17) is 17.4 Å². The van der Waals surface area contributed by atoms with Gasteiger partial charge in [-0.1, -0.05) is 60.1 Å². The summed E-state index contributed by atoms with van der Waals surface area (Å²) in [4.78, 5) is 0.